The first kappa shape index (κ1) is 20.6. The summed E-state index contributed by atoms with van der Waals surface area (Å²) in [5.41, 5.74) is 3.10. The van der Waals surface area contributed by atoms with E-state index in [0.29, 0.717) is 34.4 Å². The van der Waals surface area contributed by atoms with E-state index in [1.165, 1.54) is 13.4 Å². The molecule has 3 aromatic rings. The molecule has 0 radical (unpaired) electrons. The second-order valence-corrected chi connectivity index (χ2v) is 7.26. The highest BCUT2D eigenvalue weighted by Crippen LogP contribution is 2.38. The van der Waals surface area contributed by atoms with E-state index < -0.39 is 11.8 Å². The topological polar surface area (TPSA) is 90.8 Å². The van der Waals surface area contributed by atoms with E-state index in [4.69, 9.17) is 19.3 Å². The number of methoxy groups -OCH3 is 1. The lowest BCUT2D eigenvalue weighted by molar-refractivity contribution is -0.137. The minimum absolute atomic E-state index is 0.0110. The van der Waals surface area contributed by atoms with Crippen LogP contribution in [-0.2, 0) is 11.2 Å². The number of hydrogen-bond donors (Lipinski definition) is 1. The Bertz CT molecular complexity index is 1190. The zero-order chi connectivity index (χ0) is 22.0. The van der Waals surface area contributed by atoms with Gasteiger partial charge in [-0.25, -0.2) is 14.4 Å². The Morgan fingerprint density at radius 1 is 1.19 bits per heavy atom. The molecule has 7 nitrogen and oxygen atoms in total. The molecule has 1 aliphatic carbocycles. The first-order chi connectivity index (χ1) is 15.0. The van der Waals surface area contributed by atoms with Crippen LogP contribution in [-0.4, -0.2) is 34.8 Å². The quantitative estimate of drug-likeness (QED) is 0.521. The van der Waals surface area contributed by atoms with Gasteiger partial charge in [0, 0.05) is 18.1 Å². The van der Waals surface area contributed by atoms with E-state index in [2.05, 4.69) is 9.97 Å². The number of allylic oxidation sites excluding steroid dienone is 1. The van der Waals surface area contributed by atoms with Gasteiger partial charge in [0.05, 0.1) is 24.6 Å². The molecule has 4 rings (SSSR count). The van der Waals surface area contributed by atoms with Gasteiger partial charge in [-0.1, -0.05) is 17.7 Å². The summed E-state index contributed by atoms with van der Waals surface area (Å²) in [6, 6.07) is 6.78. The van der Waals surface area contributed by atoms with Crippen molar-refractivity contribution in [2.75, 3.05) is 13.7 Å². The molecule has 0 atom stereocenters. The van der Waals surface area contributed by atoms with Crippen molar-refractivity contribution in [3.63, 3.8) is 0 Å². The molecule has 1 aliphatic rings. The molecular formula is C23H21FN2O5. The molecule has 0 unspecified atom stereocenters. The van der Waals surface area contributed by atoms with Crippen LogP contribution in [0.25, 0.3) is 17.0 Å². The van der Waals surface area contributed by atoms with Crippen LogP contribution in [0.1, 0.15) is 30.9 Å². The fraction of sp³-hybridized carbons (Fsp3) is 0.261. The maximum absolute atomic E-state index is 15.0. The summed E-state index contributed by atoms with van der Waals surface area (Å²) in [4.78, 5) is 19.1. The number of aliphatic carboxylic acids is 1. The van der Waals surface area contributed by atoms with Gasteiger partial charge in [0.25, 0.3) is 0 Å². The van der Waals surface area contributed by atoms with E-state index in [1.807, 2.05) is 19.1 Å². The second-order valence-electron chi connectivity index (χ2n) is 7.26. The van der Waals surface area contributed by atoms with Gasteiger partial charge >= 0.3 is 5.97 Å². The van der Waals surface area contributed by atoms with Crippen LogP contribution in [0, 0.1) is 5.82 Å². The van der Waals surface area contributed by atoms with E-state index in [1.54, 1.807) is 18.2 Å². The molecule has 1 N–H and O–H groups in total. The number of nitrogens with zero attached hydrogens (tertiary/aromatic N) is 2. The molecule has 0 fully saturated rings. The molecule has 0 saturated heterocycles. The lowest BCUT2D eigenvalue weighted by Crippen LogP contribution is -2.03. The number of carboxylic acids is 1. The Balaban J connectivity index is 1.64. The number of carbonyl (C=O) groups is 1. The number of halogens is 1. The lowest BCUT2D eigenvalue weighted by atomic mass is 10.1. The van der Waals surface area contributed by atoms with Crippen molar-refractivity contribution in [3.8, 4) is 23.1 Å². The number of fused-ring (bicyclic) bond motifs is 2. The van der Waals surface area contributed by atoms with E-state index in [9.17, 15) is 9.18 Å². The average molecular weight is 424 g/mol. The van der Waals surface area contributed by atoms with Crippen molar-refractivity contribution in [2.45, 2.75) is 26.2 Å². The van der Waals surface area contributed by atoms with Crippen LogP contribution < -0.4 is 14.2 Å². The van der Waals surface area contributed by atoms with Crippen molar-refractivity contribution < 1.29 is 28.5 Å². The molecule has 0 spiro atoms. The maximum atomic E-state index is 15.0. The Morgan fingerprint density at radius 2 is 2.03 bits per heavy atom. The third-order valence-corrected chi connectivity index (χ3v) is 4.98. The number of carboxylic acid groups (broad SMARTS) is 1. The summed E-state index contributed by atoms with van der Waals surface area (Å²) < 4.78 is 31.9. The highest BCUT2D eigenvalue weighted by atomic mass is 19.1. The summed E-state index contributed by atoms with van der Waals surface area (Å²) in [7, 11) is 1.49. The van der Waals surface area contributed by atoms with Gasteiger partial charge in [-0.2, -0.15) is 0 Å². The predicted molar refractivity (Wildman–Crippen MR) is 112 cm³/mol. The minimum Gasteiger partial charge on any atom is -0.493 e. The zero-order valence-electron chi connectivity index (χ0n) is 17.1. The van der Waals surface area contributed by atoms with E-state index in [-0.39, 0.29) is 24.7 Å². The van der Waals surface area contributed by atoms with E-state index >= 15 is 0 Å². The Hall–Kier alpha value is -3.68. The fourth-order valence-electron chi connectivity index (χ4n) is 3.50. The van der Waals surface area contributed by atoms with Crippen LogP contribution in [0.2, 0.25) is 0 Å². The molecule has 0 bridgehead atoms. The number of rotatable bonds is 8. The van der Waals surface area contributed by atoms with Crippen LogP contribution in [0.3, 0.4) is 0 Å². The van der Waals surface area contributed by atoms with Crippen molar-refractivity contribution in [2.24, 2.45) is 0 Å². The average Bonchev–Trinajstić information content (AvgIpc) is 3.14. The molecule has 1 aromatic heterocycles. The van der Waals surface area contributed by atoms with Crippen molar-refractivity contribution in [1.82, 2.24) is 9.97 Å². The van der Waals surface area contributed by atoms with Gasteiger partial charge in [-0.3, -0.25) is 4.79 Å². The fourth-order valence-corrected chi connectivity index (χ4v) is 3.50. The first-order valence-corrected chi connectivity index (χ1v) is 9.80. The monoisotopic (exact) mass is 424 g/mol. The molecule has 8 heteroatoms. The SMILES string of the molecule is COc1cc2c(Oc3ccc4c(c3F)C=C(C)C4)ncnc2cc1OCCCC(=O)O. The van der Waals surface area contributed by atoms with Gasteiger partial charge in [-0.05, 0) is 37.5 Å². The molecule has 1 heterocycles. The third kappa shape index (κ3) is 4.28. The predicted octanol–water partition coefficient (Wildman–Crippen LogP) is 4.77. The summed E-state index contributed by atoms with van der Waals surface area (Å²) in [5.74, 6) is -0.194. The van der Waals surface area contributed by atoms with Gasteiger partial charge in [0.15, 0.2) is 23.1 Å². The largest absolute Gasteiger partial charge is 0.493 e. The maximum Gasteiger partial charge on any atom is 0.303 e. The highest BCUT2D eigenvalue weighted by Gasteiger charge is 2.20. The molecule has 160 valence electrons. The van der Waals surface area contributed by atoms with Crippen LogP contribution in [0.5, 0.6) is 23.1 Å². The second kappa shape index (κ2) is 8.59. The third-order valence-electron chi connectivity index (χ3n) is 4.98. The van der Waals surface area contributed by atoms with Gasteiger partial charge < -0.3 is 19.3 Å². The van der Waals surface area contributed by atoms with Crippen LogP contribution >= 0.6 is 0 Å². The van der Waals surface area contributed by atoms with Crippen molar-refractivity contribution in [1.29, 1.82) is 0 Å². The van der Waals surface area contributed by atoms with Crippen molar-refractivity contribution in [3.05, 3.63) is 53.1 Å². The highest BCUT2D eigenvalue weighted by molar-refractivity contribution is 5.87. The minimum atomic E-state index is -0.881. The molecule has 31 heavy (non-hydrogen) atoms. The van der Waals surface area contributed by atoms with Gasteiger partial charge in [-0.15, -0.1) is 0 Å². The van der Waals surface area contributed by atoms with Gasteiger partial charge in [0.1, 0.15) is 6.33 Å². The van der Waals surface area contributed by atoms with Crippen molar-refractivity contribution >= 4 is 22.9 Å². The summed E-state index contributed by atoms with van der Waals surface area (Å²) in [6.07, 6.45) is 4.26. The zero-order valence-corrected chi connectivity index (χ0v) is 17.1. The van der Waals surface area contributed by atoms with Gasteiger partial charge in [0.2, 0.25) is 5.88 Å². The Labute approximate surface area is 178 Å². The molecular weight excluding hydrogens is 403 g/mol. The summed E-state index contributed by atoms with van der Waals surface area (Å²) >= 11 is 0. The smallest absolute Gasteiger partial charge is 0.303 e. The Kier molecular flexibility index (Phi) is 5.70. The van der Waals surface area contributed by atoms with E-state index in [0.717, 1.165) is 17.6 Å². The standard InChI is InChI=1S/C23H21FN2O5/c1-13-8-14-5-6-18(22(24)15(14)9-13)31-23-16-10-19(29-2)20(11-17(16)25-12-26-23)30-7-3-4-21(27)28/h5-6,9-12H,3-4,7-8H2,1-2H3,(H,27,28). The number of hydrogen-bond acceptors (Lipinski definition) is 6. The molecule has 2 aromatic carbocycles. The lowest BCUT2D eigenvalue weighted by Gasteiger charge is -2.14. The summed E-state index contributed by atoms with van der Waals surface area (Å²) in [6.45, 7) is 2.18. The Morgan fingerprint density at radius 3 is 2.81 bits per heavy atom. The van der Waals surface area contributed by atoms with Crippen LogP contribution in [0.15, 0.2) is 36.2 Å². The summed E-state index contributed by atoms with van der Waals surface area (Å²) in [5, 5.41) is 9.28. The molecule has 0 aliphatic heterocycles. The number of ether oxygens (including phenoxy) is 3. The molecule has 0 saturated carbocycles. The number of benzene rings is 2. The molecule has 0 amide bonds. The van der Waals surface area contributed by atoms with Crippen LogP contribution in [0.4, 0.5) is 4.39 Å². The number of aromatic nitrogens is 2. The normalized spacial score (nSPS) is 12.4. The first-order valence-electron chi connectivity index (χ1n) is 9.80.